The molecule has 5 nitrogen and oxygen atoms in total. The van der Waals surface area contributed by atoms with E-state index in [0.29, 0.717) is 11.4 Å². The lowest BCUT2D eigenvalue weighted by Gasteiger charge is -2.11. The molecular weight excluding hydrogens is 317 g/mol. The second-order valence-corrected chi connectivity index (χ2v) is 6.92. The van der Waals surface area contributed by atoms with Crippen LogP contribution in [0, 0.1) is 5.82 Å². The Kier molecular flexibility index (Phi) is 4.36. The highest BCUT2D eigenvalue weighted by atomic mass is 35.5. The number of benzene rings is 1. The third-order valence-corrected chi connectivity index (χ3v) is 4.08. The molecule has 0 aliphatic rings. The SMILES string of the molecule is CC(C)c1nc(S(N)(=O)=O)cn1Cc1ccc(F)cc1Cl. The molecule has 1 aromatic carbocycles. The molecule has 0 radical (unpaired) electrons. The van der Waals surface area contributed by atoms with E-state index in [-0.39, 0.29) is 22.5 Å². The predicted octanol–water partition coefficient (Wildman–Crippen LogP) is 2.49. The van der Waals surface area contributed by atoms with E-state index in [1.54, 1.807) is 10.6 Å². The van der Waals surface area contributed by atoms with Gasteiger partial charge in [0.1, 0.15) is 11.6 Å². The molecule has 0 aliphatic heterocycles. The second kappa shape index (κ2) is 5.75. The predicted molar refractivity (Wildman–Crippen MR) is 78.2 cm³/mol. The van der Waals surface area contributed by atoms with Crippen molar-refractivity contribution in [3.8, 4) is 0 Å². The van der Waals surface area contributed by atoms with Crippen molar-refractivity contribution in [2.75, 3.05) is 0 Å². The van der Waals surface area contributed by atoms with Crippen molar-refractivity contribution in [2.45, 2.75) is 31.3 Å². The van der Waals surface area contributed by atoms with Crippen LogP contribution in [0.4, 0.5) is 4.39 Å². The van der Waals surface area contributed by atoms with E-state index in [2.05, 4.69) is 4.98 Å². The molecule has 21 heavy (non-hydrogen) atoms. The molecule has 114 valence electrons. The van der Waals surface area contributed by atoms with Gasteiger partial charge in [-0.1, -0.05) is 31.5 Å². The Labute approximate surface area is 127 Å². The molecule has 0 amide bonds. The molecule has 0 saturated heterocycles. The largest absolute Gasteiger partial charge is 0.329 e. The minimum Gasteiger partial charge on any atom is -0.329 e. The fraction of sp³-hybridized carbons (Fsp3) is 0.308. The Hall–Kier alpha value is -1.44. The van der Waals surface area contributed by atoms with Crippen molar-refractivity contribution in [3.05, 3.63) is 46.6 Å². The lowest BCUT2D eigenvalue weighted by molar-refractivity contribution is 0.594. The number of hydrogen-bond donors (Lipinski definition) is 1. The summed E-state index contributed by atoms with van der Waals surface area (Å²) in [5.74, 6) is 0.142. The summed E-state index contributed by atoms with van der Waals surface area (Å²) in [6.45, 7) is 4.06. The Morgan fingerprint density at radius 2 is 2.10 bits per heavy atom. The van der Waals surface area contributed by atoms with Gasteiger partial charge in [0.05, 0.1) is 6.54 Å². The van der Waals surface area contributed by atoms with Crippen LogP contribution in [0.1, 0.15) is 31.2 Å². The van der Waals surface area contributed by atoms with Crippen molar-refractivity contribution in [1.82, 2.24) is 9.55 Å². The molecule has 1 aromatic heterocycles. The second-order valence-electron chi connectivity index (χ2n) is 5.00. The molecular formula is C13H15ClFN3O2S. The van der Waals surface area contributed by atoms with Crippen molar-refractivity contribution >= 4 is 21.6 Å². The zero-order valence-corrected chi connectivity index (χ0v) is 13.1. The van der Waals surface area contributed by atoms with E-state index >= 15 is 0 Å². The number of nitrogens with two attached hydrogens (primary N) is 1. The fourth-order valence-electron chi connectivity index (χ4n) is 1.96. The van der Waals surface area contributed by atoms with E-state index < -0.39 is 15.8 Å². The van der Waals surface area contributed by atoms with Gasteiger partial charge in [-0.05, 0) is 17.7 Å². The summed E-state index contributed by atoms with van der Waals surface area (Å²) in [6, 6.07) is 4.07. The summed E-state index contributed by atoms with van der Waals surface area (Å²) in [7, 11) is -3.87. The summed E-state index contributed by atoms with van der Waals surface area (Å²) < 4.78 is 37.5. The summed E-state index contributed by atoms with van der Waals surface area (Å²) in [5.41, 5.74) is 0.665. The molecule has 0 atom stereocenters. The first-order valence-corrected chi connectivity index (χ1v) is 8.14. The van der Waals surface area contributed by atoms with Gasteiger partial charge in [0.2, 0.25) is 0 Å². The van der Waals surface area contributed by atoms with Gasteiger partial charge in [0.25, 0.3) is 10.0 Å². The number of halogens is 2. The first-order valence-electron chi connectivity index (χ1n) is 6.22. The maximum Gasteiger partial charge on any atom is 0.257 e. The molecule has 1 heterocycles. The van der Waals surface area contributed by atoms with Crippen molar-refractivity contribution in [3.63, 3.8) is 0 Å². The van der Waals surface area contributed by atoms with Crippen molar-refractivity contribution in [2.24, 2.45) is 5.14 Å². The smallest absolute Gasteiger partial charge is 0.257 e. The average molecular weight is 332 g/mol. The van der Waals surface area contributed by atoms with Crippen LogP contribution in [-0.4, -0.2) is 18.0 Å². The van der Waals surface area contributed by atoms with Crippen LogP contribution in [0.5, 0.6) is 0 Å². The molecule has 2 N–H and O–H groups in total. The quantitative estimate of drug-likeness (QED) is 0.935. The third-order valence-electron chi connectivity index (χ3n) is 2.95. The summed E-state index contributed by atoms with van der Waals surface area (Å²) in [5, 5.41) is 5.19. The van der Waals surface area contributed by atoms with Gasteiger partial charge >= 0.3 is 0 Å². The van der Waals surface area contributed by atoms with Crippen LogP contribution in [0.3, 0.4) is 0 Å². The summed E-state index contributed by atoms with van der Waals surface area (Å²) in [4.78, 5) is 4.06. The average Bonchev–Trinajstić information content (AvgIpc) is 2.76. The van der Waals surface area contributed by atoms with Crippen LogP contribution in [0.2, 0.25) is 5.02 Å². The number of aromatic nitrogens is 2. The van der Waals surface area contributed by atoms with Gasteiger partial charge in [0.15, 0.2) is 5.03 Å². The maximum absolute atomic E-state index is 13.1. The number of nitrogens with zero attached hydrogens (tertiary/aromatic N) is 2. The molecule has 0 bridgehead atoms. The topological polar surface area (TPSA) is 78.0 Å². The van der Waals surface area contributed by atoms with E-state index in [1.807, 2.05) is 13.8 Å². The van der Waals surface area contributed by atoms with Crippen LogP contribution < -0.4 is 5.14 Å². The van der Waals surface area contributed by atoms with Gasteiger partial charge in [-0.2, -0.15) is 0 Å². The van der Waals surface area contributed by atoms with Crippen molar-refractivity contribution in [1.29, 1.82) is 0 Å². The maximum atomic E-state index is 13.1. The van der Waals surface area contributed by atoms with E-state index in [4.69, 9.17) is 16.7 Å². The normalized spacial score (nSPS) is 12.1. The van der Waals surface area contributed by atoms with E-state index in [0.717, 1.165) is 0 Å². The highest BCUT2D eigenvalue weighted by Gasteiger charge is 2.18. The van der Waals surface area contributed by atoms with Crippen LogP contribution in [0.15, 0.2) is 29.4 Å². The Bertz CT molecular complexity index is 772. The Morgan fingerprint density at radius 3 is 2.62 bits per heavy atom. The first kappa shape index (κ1) is 15.9. The number of hydrogen-bond acceptors (Lipinski definition) is 3. The minimum absolute atomic E-state index is 0.000256. The van der Waals surface area contributed by atoms with Crippen molar-refractivity contribution < 1.29 is 12.8 Å². The summed E-state index contributed by atoms with van der Waals surface area (Å²) >= 11 is 5.99. The molecule has 0 saturated carbocycles. The Balaban J connectivity index is 2.45. The van der Waals surface area contributed by atoms with E-state index in [1.165, 1.54) is 18.3 Å². The van der Waals surface area contributed by atoms with Crippen LogP contribution >= 0.6 is 11.6 Å². The third kappa shape index (κ3) is 3.61. The first-order chi connectivity index (χ1) is 9.68. The molecule has 0 aliphatic carbocycles. The van der Waals surface area contributed by atoms with Gasteiger partial charge < -0.3 is 4.57 Å². The monoisotopic (exact) mass is 331 g/mol. The molecule has 0 spiro atoms. The van der Waals surface area contributed by atoms with Gasteiger partial charge in [-0.25, -0.2) is 22.9 Å². The molecule has 2 rings (SSSR count). The fourth-order valence-corrected chi connectivity index (χ4v) is 2.69. The van der Waals surface area contributed by atoms with Gasteiger partial charge in [0, 0.05) is 17.1 Å². The van der Waals surface area contributed by atoms with Gasteiger partial charge in [-0.3, -0.25) is 0 Å². The zero-order valence-electron chi connectivity index (χ0n) is 11.5. The highest BCUT2D eigenvalue weighted by molar-refractivity contribution is 7.89. The molecule has 0 fully saturated rings. The highest BCUT2D eigenvalue weighted by Crippen LogP contribution is 2.22. The number of imidazole rings is 1. The number of sulfonamides is 1. The van der Waals surface area contributed by atoms with Crippen LogP contribution in [0.25, 0.3) is 0 Å². The lowest BCUT2D eigenvalue weighted by atomic mass is 10.2. The number of rotatable bonds is 4. The van der Waals surface area contributed by atoms with E-state index in [9.17, 15) is 12.8 Å². The van der Waals surface area contributed by atoms with Crippen LogP contribution in [-0.2, 0) is 16.6 Å². The number of primary sulfonamides is 1. The zero-order chi connectivity index (χ0) is 15.8. The standard InChI is InChI=1S/C13H15ClFN3O2S/c1-8(2)13-17-12(21(16,19)20)7-18(13)6-9-3-4-10(15)5-11(9)14/h3-5,7-8H,6H2,1-2H3,(H2,16,19,20). The molecule has 8 heteroatoms. The summed E-state index contributed by atoms with van der Waals surface area (Å²) in [6.07, 6.45) is 1.37. The minimum atomic E-state index is -3.87. The molecule has 2 aromatic rings. The van der Waals surface area contributed by atoms with Gasteiger partial charge in [-0.15, -0.1) is 0 Å². The molecule has 0 unspecified atom stereocenters. The lowest BCUT2D eigenvalue weighted by Crippen LogP contribution is -2.12. The Morgan fingerprint density at radius 1 is 1.43 bits per heavy atom.